The third kappa shape index (κ3) is 5.15. The van der Waals surface area contributed by atoms with E-state index in [2.05, 4.69) is 86.8 Å². The Bertz CT molecular complexity index is 831. The number of aromatic nitrogens is 1. The highest BCUT2D eigenvalue weighted by Crippen LogP contribution is 2.43. The van der Waals surface area contributed by atoms with E-state index in [1.165, 1.54) is 16.7 Å². The second kappa shape index (κ2) is 9.88. The van der Waals surface area contributed by atoms with Gasteiger partial charge in [0.25, 0.3) is 0 Å². The van der Waals surface area contributed by atoms with Gasteiger partial charge in [-0.25, -0.2) is 4.98 Å². The van der Waals surface area contributed by atoms with Gasteiger partial charge in [0.05, 0.1) is 5.25 Å². The molecule has 3 nitrogen and oxygen atoms in total. The number of nitrogens with zero attached hydrogens (tertiary/aromatic N) is 2. The standard InChI is InChI=1S/C23H26BrN3S/c24-21-10-8-19(9-11-21)22(18-5-2-1-3-6-18)28-23-20(7-4-12-26-23)17-27-15-13-25-14-16-27/h1-10,12,21-22,25H,11,13-17H2. The van der Waals surface area contributed by atoms with Gasteiger partial charge in [0, 0.05) is 43.7 Å². The average molecular weight is 456 g/mol. The van der Waals surface area contributed by atoms with Gasteiger partial charge in [-0.3, -0.25) is 4.90 Å². The molecule has 1 fully saturated rings. The van der Waals surface area contributed by atoms with Gasteiger partial charge in [-0.1, -0.05) is 82.3 Å². The highest BCUT2D eigenvalue weighted by Gasteiger charge is 2.22. The van der Waals surface area contributed by atoms with E-state index in [4.69, 9.17) is 4.98 Å². The SMILES string of the molecule is BrC1C=CC(C(Sc2ncccc2CN2CCNCC2)c2ccccc2)=CC1. The van der Waals surface area contributed by atoms with Gasteiger partial charge < -0.3 is 5.32 Å². The first kappa shape index (κ1) is 19.9. The maximum absolute atomic E-state index is 4.78. The van der Waals surface area contributed by atoms with Gasteiger partial charge in [0.1, 0.15) is 5.03 Å². The van der Waals surface area contributed by atoms with Crippen LogP contribution in [-0.4, -0.2) is 40.9 Å². The molecule has 5 heteroatoms. The Hall–Kier alpha value is -1.40. The van der Waals surface area contributed by atoms with Crippen LogP contribution in [0.2, 0.25) is 0 Å². The summed E-state index contributed by atoms with van der Waals surface area (Å²) in [5, 5.41) is 4.84. The van der Waals surface area contributed by atoms with E-state index in [0.717, 1.165) is 44.2 Å². The summed E-state index contributed by atoms with van der Waals surface area (Å²) in [6.07, 6.45) is 9.85. The fraction of sp³-hybridized carbons (Fsp3) is 0.348. The van der Waals surface area contributed by atoms with Gasteiger partial charge in [-0.05, 0) is 29.2 Å². The number of pyridine rings is 1. The molecule has 0 radical (unpaired) electrons. The van der Waals surface area contributed by atoms with Crippen LogP contribution < -0.4 is 5.32 Å². The molecular formula is C23H26BrN3S. The van der Waals surface area contributed by atoms with Crippen molar-refractivity contribution in [1.82, 2.24) is 15.2 Å². The monoisotopic (exact) mass is 455 g/mol. The van der Waals surface area contributed by atoms with Crippen molar-refractivity contribution in [2.45, 2.75) is 28.1 Å². The molecule has 1 aliphatic carbocycles. The first-order chi connectivity index (χ1) is 13.8. The van der Waals surface area contributed by atoms with Crippen LogP contribution in [0.3, 0.4) is 0 Å². The highest BCUT2D eigenvalue weighted by atomic mass is 79.9. The second-order valence-corrected chi connectivity index (χ2v) is 9.49. The number of alkyl halides is 1. The molecule has 1 aromatic heterocycles. The van der Waals surface area contributed by atoms with Crippen LogP contribution in [0.1, 0.15) is 22.8 Å². The normalized spacial score (nSPS) is 21.3. The number of nitrogens with one attached hydrogen (secondary N) is 1. The lowest BCUT2D eigenvalue weighted by Crippen LogP contribution is -2.43. The first-order valence-electron chi connectivity index (χ1n) is 9.90. The van der Waals surface area contributed by atoms with Crippen molar-refractivity contribution in [3.8, 4) is 0 Å². The Morgan fingerprint density at radius 3 is 2.71 bits per heavy atom. The quantitative estimate of drug-likeness (QED) is 0.491. The molecule has 1 aromatic carbocycles. The fourth-order valence-electron chi connectivity index (χ4n) is 3.63. The minimum Gasteiger partial charge on any atom is -0.314 e. The van der Waals surface area contributed by atoms with E-state index in [9.17, 15) is 0 Å². The zero-order valence-electron chi connectivity index (χ0n) is 15.9. The van der Waals surface area contributed by atoms with Gasteiger partial charge in [-0.2, -0.15) is 0 Å². The topological polar surface area (TPSA) is 28.2 Å². The molecule has 1 saturated heterocycles. The number of thioether (sulfide) groups is 1. The third-order valence-electron chi connectivity index (χ3n) is 5.16. The molecule has 0 saturated carbocycles. The molecule has 4 rings (SSSR count). The van der Waals surface area contributed by atoms with Crippen molar-refractivity contribution in [3.63, 3.8) is 0 Å². The van der Waals surface area contributed by atoms with Crippen molar-refractivity contribution in [2.24, 2.45) is 0 Å². The van der Waals surface area contributed by atoms with Gasteiger partial charge in [0.15, 0.2) is 0 Å². The summed E-state index contributed by atoms with van der Waals surface area (Å²) in [7, 11) is 0. The molecule has 1 aliphatic heterocycles. The lowest BCUT2D eigenvalue weighted by atomic mass is 9.99. The molecule has 0 spiro atoms. The summed E-state index contributed by atoms with van der Waals surface area (Å²) in [5.41, 5.74) is 4.02. The Morgan fingerprint density at radius 2 is 1.96 bits per heavy atom. The molecule has 2 heterocycles. The summed E-state index contributed by atoms with van der Waals surface area (Å²) in [5.74, 6) is 0. The van der Waals surface area contributed by atoms with Crippen molar-refractivity contribution in [2.75, 3.05) is 26.2 Å². The number of hydrogen-bond donors (Lipinski definition) is 1. The fourth-order valence-corrected chi connectivity index (χ4v) is 5.21. The Balaban J connectivity index is 1.59. The first-order valence-corrected chi connectivity index (χ1v) is 11.7. The molecular weight excluding hydrogens is 430 g/mol. The maximum Gasteiger partial charge on any atom is 0.101 e. The van der Waals surface area contributed by atoms with Crippen molar-refractivity contribution < 1.29 is 0 Å². The minimum absolute atomic E-state index is 0.258. The van der Waals surface area contributed by atoms with Crippen LogP contribution in [0.25, 0.3) is 0 Å². The van der Waals surface area contributed by atoms with E-state index in [-0.39, 0.29) is 5.25 Å². The molecule has 0 amide bonds. The van der Waals surface area contributed by atoms with Gasteiger partial charge in [0.2, 0.25) is 0 Å². The molecule has 28 heavy (non-hydrogen) atoms. The number of benzene rings is 1. The van der Waals surface area contributed by atoms with Crippen molar-refractivity contribution in [1.29, 1.82) is 0 Å². The number of rotatable bonds is 6. The maximum atomic E-state index is 4.78. The van der Waals surface area contributed by atoms with E-state index < -0.39 is 0 Å². The van der Waals surface area contributed by atoms with Crippen LogP contribution in [0.5, 0.6) is 0 Å². The summed E-state index contributed by atoms with van der Waals surface area (Å²) < 4.78 is 0. The minimum atomic E-state index is 0.258. The predicted octanol–water partition coefficient (Wildman–Crippen LogP) is 4.97. The van der Waals surface area contributed by atoms with E-state index in [1.54, 1.807) is 0 Å². The van der Waals surface area contributed by atoms with Gasteiger partial charge >= 0.3 is 0 Å². The lowest BCUT2D eigenvalue weighted by Gasteiger charge is -2.28. The van der Waals surface area contributed by atoms with Crippen LogP contribution in [0, 0.1) is 0 Å². The summed E-state index contributed by atoms with van der Waals surface area (Å²) in [6.45, 7) is 5.31. The number of piperazine rings is 1. The largest absolute Gasteiger partial charge is 0.314 e. The lowest BCUT2D eigenvalue weighted by molar-refractivity contribution is 0.231. The summed E-state index contributed by atoms with van der Waals surface area (Å²) in [4.78, 5) is 7.74. The van der Waals surface area contributed by atoms with Crippen LogP contribution in [0.4, 0.5) is 0 Å². The van der Waals surface area contributed by atoms with Crippen molar-refractivity contribution in [3.05, 3.63) is 83.6 Å². The zero-order chi connectivity index (χ0) is 19.2. The summed E-state index contributed by atoms with van der Waals surface area (Å²) in [6, 6.07) is 15.1. The molecule has 2 atom stereocenters. The Kier molecular flexibility index (Phi) is 7.02. The molecule has 146 valence electrons. The Morgan fingerprint density at radius 1 is 1.14 bits per heavy atom. The zero-order valence-corrected chi connectivity index (χ0v) is 18.3. The Labute approximate surface area is 180 Å². The number of halogens is 1. The van der Waals surface area contributed by atoms with E-state index in [0.29, 0.717) is 4.83 Å². The number of allylic oxidation sites excluding steroid dienone is 3. The molecule has 1 N–H and O–H groups in total. The van der Waals surface area contributed by atoms with E-state index >= 15 is 0 Å². The molecule has 2 aliphatic rings. The van der Waals surface area contributed by atoms with E-state index in [1.807, 2.05) is 18.0 Å². The summed E-state index contributed by atoms with van der Waals surface area (Å²) >= 11 is 5.57. The number of hydrogen-bond acceptors (Lipinski definition) is 4. The molecule has 0 bridgehead atoms. The predicted molar refractivity (Wildman–Crippen MR) is 122 cm³/mol. The van der Waals surface area contributed by atoms with Crippen LogP contribution in [-0.2, 0) is 6.54 Å². The van der Waals surface area contributed by atoms with Crippen LogP contribution in [0.15, 0.2) is 77.5 Å². The molecule has 2 unspecified atom stereocenters. The van der Waals surface area contributed by atoms with Crippen molar-refractivity contribution >= 4 is 27.7 Å². The smallest absolute Gasteiger partial charge is 0.101 e. The van der Waals surface area contributed by atoms with Crippen LogP contribution >= 0.6 is 27.7 Å². The highest BCUT2D eigenvalue weighted by molar-refractivity contribution is 9.09. The average Bonchev–Trinajstić information content (AvgIpc) is 2.75. The second-order valence-electron chi connectivity index (χ2n) is 7.22. The third-order valence-corrected chi connectivity index (χ3v) is 7.21. The van der Waals surface area contributed by atoms with Gasteiger partial charge in [-0.15, -0.1) is 0 Å². The molecule has 2 aromatic rings.